The molecule has 1 aliphatic rings. The smallest absolute Gasteiger partial charge is 0.258 e. The molecule has 3 rings (SSSR count). The summed E-state index contributed by atoms with van der Waals surface area (Å²) in [5, 5.41) is 3.61. The summed E-state index contributed by atoms with van der Waals surface area (Å²) in [5.41, 5.74) is 0.954. The summed E-state index contributed by atoms with van der Waals surface area (Å²) in [6, 6.07) is 8.40. The second kappa shape index (κ2) is 10.6. The molecule has 0 saturated carbocycles. The van der Waals surface area contributed by atoms with Gasteiger partial charge in [0.1, 0.15) is 12.4 Å². The maximum atomic E-state index is 13.3. The predicted octanol–water partition coefficient (Wildman–Crippen LogP) is 4.87. The van der Waals surface area contributed by atoms with Crippen LogP contribution >= 0.6 is 23.2 Å². The van der Waals surface area contributed by atoms with Gasteiger partial charge in [0, 0.05) is 30.9 Å². The van der Waals surface area contributed by atoms with E-state index >= 15 is 0 Å². The summed E-state index contributed by atoms with van der Waals surface area (Å²) < 4.78 is 0. The van der Waals surface area contributed by atoms with Crippen LogP contribution in [0.15, 0.2) is 36.5 Å². The highest BCUT2D eigenvalue weighted by Crippen LogP contribution is 2.26. The number of halogens is 2. The number of benzene rings is 1. The van der Waals surface area contributed by atoms with E-state index in [1.165, 1.54) is 6.42 Å². The molecule has 0 atom stereocenters. The van der Waals surface area contributed by atoms with Crippen molar-refractivity contribution in [1.82, 2.24) is 9.88 Å². The summed E-state index contributed by atoms with van der Waals surface area (Å²) in [5.74, 6) is 0.170. The van der Waals surface area contributed by atoms with Crippen molar-refractivity contribution in [1.29, 1.82) is 0 Å². The van der Waals surface area contributed by atoms with E-state index < -0.39 is 0 Å². The fraction of sp³-hybridized carbons (Fsp3) is 0.409. The molecule has 0 spiro atoms. The zero-order valence-electron chi connectivity index (χ0n) is 17.0. The van der Waals surface area contributed by atoms with E-state index in [2.05, 4.69) is 15.2 Å². The first-order valence-corrected chi connectivity index (χ1v) is 11.0. The van der Waals surface area contributed by atoms with E-state index in [1.807, 2.05) is 6.92 Å². The molecule has 1 saturated heterocycles. The Morgan fingerprint density at radius 3 is 2.67 bits per heavy atom. The molecule has 6 nitrogen and oxygen atoms in total. The molecule has 2 amide bonds. The van der Waals surface area contributed by atoms with E-state index in [9.17, 15) is 9.59 Å². The molecular formula is C22H26Cl2N4O2. The van der Waals surface area contributed by atoms with Crippen molar-refractivity contribution in [3.05, 3.63) is 52.1 Å². The van der Waals surface area contributed by atoms with Crippen LogP contribution in [0.1, 0.15) is 43.0 Å². The SMILES string of the molecule is CCCN(CC(=O)Nc1cc(Cl)ccc1Cl)C(=O)c1cccnc1N1CCCCC1. The van der Waals surface area contributed by atoms with Crippen LogP contribution in [0.5, 0.6) is 0 Å². The van der Waals surface area contributed by atoms with E-state index in [-0.39, 0.29) is 18.4 Å². The quantitative estimate of drug-likeness (QED) is 0.655. The first-order valence-electron chi connectivity index (χ1n) is 10.2. The Hall–Kier alpha value is -2.31. The summed E-state index contributed by atoms with van der Waals surface area (Å²) in [4.78, 5) is 34.2. The van der Waals surface area contributed by atoms with Crippen LogP contribution in [0, 0.1) is 0 Å². The van der Waals surface area contributed by atoms with Crippen LogP contribution in [0.3, 0.4) is 0 Å². The van der Waals surface area contributed by atoms with Gasteiger partial charge in [0.2, 0.25) is 5.91 Å². The molecule has 2 heterocycles. The lowest BCUT2D eigenvalue weighted by Crippen LogP contribution is -2.40. The molecule has 1 aliphatic heterocycles. The van der Waals surface area contributed by atoms with Crippen LogP contribution in [0.25, 0.3) is 0 Å². The first kappa shape index (κ1) is 22.4. The number of pyridine rings is 1. The van der Waals surface area contributed by atoms with Crippen molar-refractivity contribution in [3.63, 3.8) is 0 Å². The van der Waals surface area contributed by atoms with Gasteiger partial charge < -0.3 is 15.1 Å². The van der Waals surface area contributed by atoms with Gasteiger partial charge in [-0.05, 0) is 56.0 Å². The molecular weight excluding hydrogens is 423 g/mol. The number of amides is 2. The third-order valence-electron chi connectivity index (χ3n) is 4.99. The van der Waals surface area contributed by atoms with Crippen molar-refractivity contribution >= 4 is 46.5 Å². The molecule has 0 aliphatic carbocycles. The Morgan fingerprint density at radius 2 is 1.93 bits per heavy atom. The van der Waals surface area contributed by atoms with Crippen LogP contribution in [0.4, 0.5) is 11.5 Å². The van der Waals surface area contributed by atoms with Gasteiger partial charge in [-0.25, -0.2) is 4.98 Å². The number of carbonyl (C=O) groups is 2. The highest BCUT2D eigenvalue weighted by molar-refractivity contribution is 6.35. The van der Waals surface area contributed by atoms with Gasteiger partial charge >= 0.3 is 0 Å². The van der Waals surface area contributed by atoms with Gasteiger partial charge in [0.25, 0.3) is 5.91 Å². The number of anilines is 2. The lowest BCUT2D eigenvalue weighted by molar-refractivity contribution is -0.116. The highest BCUT2D eigenvalue weighted by Gasteiger charge is 2.24. The average Bonchev–Trinajstić information content (AvgIpc) is 2.76. The molecule has 160 valence electrons. The molecule has 2 aromatic rings. The van der Waals surface area contributed by atoms with Crippen molar-refractivity contribution in [2.45, 2.75) is 32.6 Å². The second-order valence-corrected chi connectivity index (χ2v) is 8.16. The number of hydrogen-bond donors (Lipinski definition) is 1. The predicted molar refractivity (Wildman–Crippen MR) is 122 cm³/mol. The first-order chi connectivity index (χ1) is 14.5. The maximum absolute atomic E-state index is 13.3. The van der Waals surface area contributed by atoms with Crippen LogP contribution in [-0.4, -0.2) is 47.9 Å². The largest absolute Gasteiger partial charge is 0.356 e. The Kier molecular flexibility index (Phi) is 7.94. The number of nitrogens with one attached hydrogen (secondary N) is 1. The lowest BCUT2D eigenvalue weighted by atomic mass is 10.1. The molecule has 1 N–H and O–H groups in total. The Balaban J connectivity index is 1.76. The van der Waals surface area contributed by atoms with Gasteiger partial charge in [0.15, 0.2) is 0 Å². The molecule has 1 aromatic carbocycles. The Bertz CT molecular complexity index is 900. The van der Waals surface area contributed by atoms with E-state index in [0.717, 1.165) is 32.4 Å². The minimum Gasteiger partial charge on any atom is -0.356 e. The number of aromatic nitrogens is 1. The van der Waals surface area contributed by atoms with E-state index in [0.29, 0.717) is 33.7 Å². The van der Waals surface area contributed by atoms with Crippen molar-refractivity contribution in [3.8, 4) is 0 Å². The van der Waals surface area contributed by atoms with Gasteiger partial charge in [-0.15, -0.1) is 0 Å². The maximum Gasteiger partial charge on any atom is 0.258 e. The van der Waals surface area contributed by atoms with Crippen LogP contribution < -0.4 is 10.2 Å². The summed E-state index contributed by atoms with van der Waals surface area (Å²) >= 11 is 12.1. The third kappa shape index (κ3) is 5.64. The Morgan fingerprint density at radius 1 is 1.17 bits per heavy atom. The number of rotatable bonds is 7. The molecule has 8 heteroatoms. The lowest BCUT2D eigenvalue weighted by Gasteiger charge is -2.30. The molecule has 0 bridgehead atoms. The van der Waals surface area contributed by atoms with E-state index in [1.54, 1.807) is 41.4 Å². The monoisotopic (exact) mass is 448 g/mol. The van der Waals surface area contributed by atoms with Crippen molar-refractivity contribution < 1.29 is 9.59 Å². The fourth-order valence-electron chi connectivity index (χ4n) is 3.57. The normalized spacial score (nSPS) is 13.8. The summed E-state index contributed by atoms with van der Waals surface area (Å²) in [6.07, 6.45) is 5.81. The molecule has 1 aromatic heterocycles. The number of nitrogens with zero attached hydrogens (tertiary/aromatic N) is 3. The van der Waals surface area contributed by atoms with Gasteiger partial charge in [-0.3, -0.25) is 9.59 Å². The summed E-state index contributed by atoms with van der Waals surface area (Å²) in [6.45, 7) is 4.13. The molecule has 0 unspecified atom stereocenters. The Labute approximate surface area is 187 Å². The summed E-state index contributed by atoms with van der Waals surface area (Å²) in [7, 11) is 0. The van der Waals surface area contributed by atoms with Crippen LogP contribution in [-0.2, 0) is 4.79 Å². The zero-order chi connectivity index (χ0) is 21.5. The number of hydrogen-bond acceptors (Lipinski definition) is 4. The van der Waals surface area contributed by atoms with Gasteiger partial charge in [0.05, 0.1) is 16.3 Å². The van der Waals surface area contributed by atoms with Crippen molar-refractivity contribution in [2.24, 2.45) is 0 Å². The van der Waals surface area contributed by atoms with E-state index in [4.69, 9.17) is 23.2 Å². The third-order valence-corrected chi connectivity index (χ3v) is 5.56. The second-order valence-electron chi connectivity index (χ2n) is 7.32. The zero-order valence-corrected chi connectivity index (χ0v) is 18.5. The number of piperidine rings is 1. The standard InChI is InChI=1S/C22H26Cl2N4O2/c1-2-11-28(15-20(29)26-19-14-16(23)8-9-18(19)24)22(30)17-7-6-10-25-21(17)27-12-4-3-5-13-27/h6-10,14H,2-5,11-13,15H2,1H3,(H,26,29). The fourth-order valence-corrected chi connectivity index (χ4v) is 3.91. The average molecular weight is 449 g/mol. The minimum atomic E-state index is -0.329. The van der Waals surface area contributed by atoms with Gasteiger partial charge in [-0.1, -0.05) is 30.1 Å². The van der Waals surface area contributed by atoms with Gasteiger partial charge in [-0.2, -0.15) is 0 Å². The topological polar surface area (TPSA) is 65.5 Å². The highest BCUT2D eigenvalue weighted by atomic mass is 35.5. The number of carbonyl (C=O) groups excluding carboxylic acids is 2. The molecule has 1 fully saturated rings. The minimum absolute atomic E-state index is 0.0795. The van der Waals surface area contributed by atoms with Crippen LogP contribution in [0.2, 0.25) is 10.0 Å². The molecule has 0 radical (unpaired) electrons. The van der Waals surface area contributed by atoms with Crippen molar-refractivity contribution in [2.75, 3.05) is 36.4 Å². The molecule has 30 heavy (non-hydrogen) atoms.